The molecule has 1 aromatic carbocycles. The van der Waals surface area contributed by atoms with Gasteiger partial charge in [0.05, 0.1) is 5.71 Å². The summed E-state index contributed by atoms with van der Waals surface area (Å²) in [4.78, 5) is 4.28. The van der Waals surface area contributed by atoms with Crippen LogP contribution in [0.4, 0.5) is 0 Å². The third-order valence-electron chi connectivity index (χ3n) is 3.89. The molecular weight excluding hydrogens is 460 g/mol. The number of hydrogen-bond acceptors (Lipinski definition) is 5. The van der Waals surface area contributed by atoms with Crippen molar-refractivity contribution in [2.24, 2.45) is 4.99 Å². The maximum atomic E-state index is 8.01. The molecule has 2 rings (SSSR count). The summed E-state index contributed by atoms with van der Waals surface area (Å²) in [5.74, 6) is 0.683. The van der Waals surface area contributed by atoms with Crippen molar-refractivity contribution in [3.05, 3.63) is 46.9 Å². The zero-order valence-electron chi connectivity index (χ0n) is 15.3. The third kappa shape index (κ3) is 5.20. The summed E-state index contributed by atoms with van der Waals surface area (Å²) < 4.78 is 5.83. The van der Waals surface area contributed by atoms with Gasteiger partial charge < -0.3 is 9.83 Å². The Bertz CT molecular complexity index is 855. The fourth-order valence-electron chi connectivity index (χ4n) is 2.30. The molecule has 0 radical (unpaired) electrons. The summed E-state index contributed by atoms with van der Waals surface area (Å²) >= 11 is 6.97. The van der Waals surface area contributed by atoms with E-state index < -0.39 is 0 Å². The van der Waals surface area contributed by atoms with Crippen LogP contribution in [0.3, 0.4) is 0 Å². The molecule has 1 N–H and O–H groups in total. The number of aromatic nitrogens is 2. The highest BCUT2D eigenvalue weighted by Gasteiger charge is 2.18. The lowest BCUT2D eigenvalue weighted by molar-refractivity contribution is 0.558. The van der Waals surface area contributed by atoms with E-state index in [2.05, 4.69) is 60.0 Å². The normalized spacial score (nSPS) is 13.8. The van der Waals surface area contributed by atoms with Gasteiger partial charge in [-0.25, -0.2) is 0 Å². The van der Waals surface area contributed by atoms with Crippen LogP contribution < -0.4 is 0 Å². The van der Waals surface area contributed by atoms with Gasteiger partial charge in [0.1, 0.15) is 10.7 Å². The van der Waals surface area contributed by atoms with E-state index in [1.165, 1.54) is 11.1 Å². The highest BCUT2D eigenvalue weighted by atomic mass is 79.9. The van der Waals surface area contributed by atoms with E-state index in [0.717, 1.165) is 22.9 Å². The van der Waals surface area contributed by atoms with E-state index in [1.54, 1.807) is 6.92 Å². The van der Waals surface area contributed by atoms with Crippen molar-refractivity contribution in [3.63, 3.8) is 0 Å². The fourth-order valence-corrected chi connectivity index (χ4v) is 3.31. The molecule has 5 nitrogen and oxygen atoms in total. The highest BCUT2D eigenvalue weighted by Crippen LogP contribution is 2.24. The number of nitrogens with one attached hydrogen (secondary N) is 1. The molecule has 2 aromatic rings. The molecule has 26 heavy (non-hydrogen) atoms. The molecule has 138 valence electrons. The Kier molecular flexibility index (Phi) is 7.46. The molecule has 0 bridgehead atoms. The number of halogens is 2. The molecule has 0 aliphatic carbocycles. The van der Waals surface area contributed by atoms with Gasteiger partial charge in [0.2, 0.25) is 5.89 Å². The molecule has 0 amide bonds. The van der Waals surface area contributed by atoms with Crippen LogP contribution in [0.25, 0.3) is 11.5 Å². The Hall–Kier alpha value is -1.60. The number of hydrogen-bond donors (Lipinski definition) is 1. The number of rotatable bonds is 7. The number of alkyl halides is 2. The zero-order valence-corrected chi connectivity index (χ0v) is 18.5. The molecule has 0 spiro atoms. The smallest absolute Gasteiger partial charge is 0.268 e. The van der Waals surface area contributed by atoms with E-state index in [9.17, 15) is 0 Å². The Morgan fingerprint density at radius 3 is 2.65 bits per heavy atom. The van der Waals surface area contributed by atoms with Gasteiger partial charge >= 0.3 is 0 Å². The van der Waals surface area contributed by atoms with Crippen molar-refractivity contribution in [2.45, 2.75) is 44.4 Å². The molecule has 0 fully saturated rings. The van der Waals surface area contributed by atoms with E-state index in [1.807, 2.05) is 32.1 Å². The number of benzene rings is 1. The molecule has 1 atom stereocenters. The topological polar surface area (TPSA) is 75.1 Å². The standard InChI is InChI=1S/C19H22Br2N4O/c1-5-11(2)8-16(21)23-17(13(4)22)19-25-24-18(26-19)15-7-6-14(10-20)9-12(15)3/h6-9,16,22H,5,10H2,1-4H3. The van der Waals surface area contributed by atoms with Crippen LogP contribution in [0.1, 0.15) is 44.2 Å². The minimum Gasteiger partial charge on any atom is -0.415 e. The number of nitrogens with zero attached hydrogens (tertiary/aromatic N) is 3. The maximum Gasteiger partial charge on any atom is 0.268 e. The van der Waals surface area contributed by atoms with Crippen LogP contribution in [0.15, 0.2) is 39.3 Å². The van der Waals surface area contributed by atoms with Crippen LogP contribution >= 0.6 is 31.9 Å². The Morgan fingerprint density at radius 1 is 1.35 bits per heavy atom. The monoisotopic (exact) mass is 480 g/mol. The van der Waals surface area contributed by atoms with Gasteiger partial charge in [0, 0.05) is 10.9 Å². The van der Waals surface area contributed by atoms with E-state index in [0.29, 0.717) is 11.6 Å². The van der Waals surface area contributed by atoms with Crippen molar-refractivity contribution in [2.75, 3.05) is 0 Å². The number of aryl methyl sites for hydroxylation is 1. The first-order chi connectivity index (χ1) is 12.3. The molecule has 0 aliphatic rings. The minimum absolute atomic E-state index is 0.243. The van der Waals surface area contributed by atoms with Crippen molar-refractivity contribution < 1.29 is 4.42 Å². The average Bonchev–Trinajstić information content (AvgIpc) is 3.08. The van der Waals surface area contributed by atoms with E-state index in [-0.39, 0.29) is 16.6 Å². The summed E-state index contributed by atoms with van der Waals surface area (Å²) in [6, 6.07) is 6.07. The summed E-state index contributed by atoms with van der Waals surface area (Å²) in [5.41, 5.74) is 5.00. The molecule has 0 saturated heterocycles. The molecular formula is C19H22Br2N4O. The van der Waals surface area contributed by atoms with Gasteiger partial charge in [-0.2, -0.15) is 0 Å². The first-order valence-corrected chi connectivity index (χ1v) is 10.3. The molecule has 1 unspecified atom stereocenters. The number of allylic oxidation sites excluding steroid dienone is 1. The first-order valence-electron chi connectivity index (χ1n) is 8.30. The average molecular weight is 482 g/mol. The van der Waals surface area contributed by atoms with Gasteiger partial charge in [0.25, 0.3) is 5.89 Å². The molecule has 0 saturated carbocycles. The zero-order chi connectivity index (χ0) is 19.3. The van der Waals surface area contributed by atoms with Crippen LogP contribution in [-0.4, -0.2) is 26.6 Å². The van der Waals surface area contributed by atoms with Crippen LogP contribution in [0, 0.1) is 12.3 Å². The second-order valence-electron chi connectivity index (χ2n) is 6.04. The minimum atomic E-state index is -0.243. The molecule has 1 heterocycles. The Morgan fingerprint density at radius 2 is 2.08 bits per heavy atom. The van der Waals surface area contributed by atoms with Gasteiger partial charge in [-0.3, -0.25) is 4.99 Å². The Labute approximate surface area is 170 Å². The van der Waals surface area contributed by atoms with E-state index >= 15 is 0 Å². The highest BCUT2D eigenvalue weighted by molar-refractivity contribution is 9.09. The largest absolute Gasteiger partial charge is 0.415 e. The van der Waals surface area contributed by atoms with Gasteiger partial charge in [-0.05, 0) is 44.4 Å². The summed E-state index contributed by atoms with van der Waals surface area (Å²) in [5, 5.41) is 17.1. The Balaban J connectivity index is 2.37. The predicted molar refractivity (Wildman–Crippen MR) is 114 cm³/mol. The quantitative estimate of drug-likeness (QED) is 0.233. The van der Waals surface area contributed by atoms with Gasteiger partial charge in [-0.1, -0.05) is 62.6 Å². The second-order valence-corrected chi connectivity index (χ2v) is 7.54. The first kappa shape index (κ1) is 20.7. The van der Waals surface area contributed by atoms with Crippen molar-refractivity contribution in [1.82, 2.24) is 10.2 Å². The summed E-state index contributed by atoms with van der Waals surface area (Å²) in [6.07, 6.45) is 2.95. The lowest BCUT2D eigenvalue weighted by Gasteiger charge is -2.05. The SMILES string of the molecule is CCC(C)=CC(Br)N=C(C(C)=N)c1nnc(-c2ccc(CBr)cc2C)o1. The van der Waals surface area contributed by atoms with Crippen LogP contribution in [0.2, 0.25) is 0 Å². The predicted octanol–water partition coefficient (Wildman–Crippen LogP) is 5.85. The molecule has 1 aromatic heterocycles. The second kappa shape index (κ2) is 9.37. The lowest BCUT2D eigenvalue weighted by atomic mass is 10.1. The van der Waals surface area contributed by atoms with E-state index in [4.69, 9.17) is 9.83 Å². The number of aliphatic imine (C=N–C) groups is 1. The summed E-state index contributed by atoms with van der Waals surface area (Å²) in [6.45, 7) is 7.81. The fraction of sp³-hybridized carbons (Fsp3) is 0.368. The van der Waals surface area contributed by atoms with Crippen molar-refractivity contribution in [1.29, 1.82) is 5.41 Å². The van der Waals surface area contributed by atoms with Crippen LogP contribution in [-0.2, 0) is 5.33 Å². The molecule has 7 heteroatoms. The van der Waals surface area contributed by atoms with Crippen LogP contribution in [0.5, 0.6) is 0 Å². The maximum absolute atomic E-state index is 8.01. The molecule has 0 aliphatic heterocycles. The van der Waals surface area contributed by atoms with Crippen molar-refractivity contribution in [3.8, 4) is 11.5 Å². The van der Waals surface area contributed by atoms with Gasteiger partial charge in [-0.15, -0.1) is 10.2 Å². The third-order valence-corrected chi connectivity index (χ3v) is 5.01. The van der Waals surface area contributed by atoms with Crippen molar-refractivity contribution >= 4 is 43.3 Å². The van der Waals surface area contributed by atoms with Gasteiger partial charge in [0.15, 0.2) is 0 Å². The lowest BCUT2D eigenvalue weighted by Crippen LogP contribution is -2.14. The summed E-state index contributed by atoms with van der Waals surface area (Å²) in [7, 11) is 0.